The number of H-pyrrole nitrogens is 2. The molecule has 1 fully saturated rings. The van der Waals surface area contributed by atoms with Gasteiger partial charge < -0.3 is 9.88 Å². The molecule has 0 bridgehead atoms. The van der Waals surface area contributed by atoms with E-state index in [-0.39, 0.29) is 4.90 Å². The first-order valence-electron chi connectivity index (χ1n) is 11.5. The van der Waals surface area contributed by atoms with E-state index in [4.69, 9.17) is 0 Å². The molecule has 0 radical (unpaired) electrons. The van der Waals surface area contributed by atoms with Crippen LogP contribution < -0.4 is 9.62 Å². The predicted octanol–water partition coefficient (Wildman–Crippen LogP) is 5.02. The van der Waals surface area contributed by atoms with Crippen molar-refractivity contribution in [3.63, 3.8) is 0 Å². The Morgan fingerprint density at radius 3 is 2.54 bits per heavy atom. The Balaban J connectivity index is 1.55. The largest absolute Gasteiger partial charge is 0.372 e. The minimum atomic E-state index is -3.79. The van der Waals surface area contributed by atoms with Crippen molar-refractivity contribution in [3.8, 4) is 22.4 Å². The maximum atomic E-state index is 13.2. The van der Waals surface area contributed by atoms with Gasteiger partial charge in [-0.05, 0) is 48.7 Å². The number of aromatic nitrogens is 4. The lowest BCUT2D eigenvalue weighted by Crippen LogP contribution is -2.17. The van der Waals surface area contributed by atoms with E-state index in [9.17, 15) is 8.42 Å². The third-order valence-electron chi connectivity index (χ3n) is 6.39. The van der Waals surface area contributed by atoms with Crippen LogP contribution in [0.4, 0.5) is 11.4 Å². The van der Waals surface area contributed by atoms with E-state index in [1.807, 2.05) is 18.3 Å². The minimum Gasteiger partial charge on any atom is -0.372 e. The van der Waals surface area contributed by atoms with Gasteiger partial charge in [0.1, 0.15) is 5.65 Å². The van der Waals surface area contributed by atoms with Crippen LogP contribution in [0.1, 0.15) is 12.8 Å². The molecule has 1 aliphatic heterocycles. The molecule has 0 aliphatic carbocycles. The number of nitrogens with one attached hydrogen (secondary N) is 3. The third-order valence-corrected chi connectivity index (χ3v) is 7.77. The van der Waals surface area contributed by atoms with Gasteiger partial charge in [0.25, 0.3) is 10.0 Å². The monoisotopic (exact) mass is 484 g/mol. The van der Waals surface area contributed by atoms with Crippen LogP contribution in [0.2, 0.25) is 0 Å². The Kier molecular flexibility index (Phi) is 5.26. The van der Waals surface area contributed by atoms with E-state index in [2.05, 4.69) is 41.9 Å². The van der Waals surface area contributed by atoms with E-state index in [0.717, 1.165) is 41.2 Å². The number of sulfonamides is 1. The van der Waals surface area contributed by atoms with Gasteiger partial charge in [-0.2, -0.15) is 5.10 Å². The highest BCUT2D eigenvalue weighted by Crippen LogP contribution is 2.42. The van der Waals surface area contributed by atoms with Crippen molar-refractivity contribution in [2.75, 3.05) is 22.7 Å². The summed E-state index contributed by atoms with van der Waals surface area (Å²) in [4.78, 5) is 10.5. The summed E-state index contributed by atoms with van der Waals surface area (Å²) in [5.74, 6) is 0. The molecule has 0 atom stereocenters. The number of aromatic amines is 2. The molecular weight excluding hydrogens is 460 g/mol. The van der Waals surface area contributed by atoms with Crippen LogP contribution in [0.15, 0.2) is 84.1 Å². The van der Waals surface area contributed by atoms with Crippen molar-refractivity contribution in [1.29, 1.82) is 0 Å². The Hall–Kier alpha value is -4.11. The minimum absolute atomic E-state index is 0.202. The van der Waals surface area contributed by atoms with E-state index in [1.165, 1.54) is 12.8 Å². The molecule has 8 nitrogen and oxygen atoms in total. The molecule has 6 rings (SSSR count). The molecule has 35 heavy (non-hydrogen) atoms. The average molecular weight is 485 g/mol. The first-order valence-corrected chi connectivity index (χ1v) is 13.0. The lowest BCUT2D eigenvalue weighted by atomic mass is 9.99. The molecule has 5 aromatic rings. The molecule has 1 aliphatic rings. The molecule has 4 heterocycles. The Bertz CT molecular complexity index is 1590. The van der Waals surface area contributed by atoms with Gasteiger partial charge in [-0.15, -0.1) is 0 Å². The quantitative estimate of drug-likeness (QED) is 0.314. The molecular formula is C26H24N6O2S. The number of pyridine rings is 1. The van der Waals surface area contributed by atoms with Crippen LogP contribution in [0.5, 0.6) is 0 Å². The second kappa shape index (κ2) is 8.59. The molecule has 0 spiro atoms. The van der Waals surface area contributed by atoms with Crippen molar-refractivity contribution < 1.29 is 8.42 Å². The Morgan fingerprint density at radius 2 is 1.77 bits per heavy atom. The summed E-state index contributed by atoms with van der Waals surface area (Å²) in [6.45, 7) is 2.07. The van der Waals surface area contributed by atoms with Crippen LogP contribution in [-0.2, 0) is 10.0 Å². The zero-order valence-corrected chi connectivity index (χ0v) is 19.7. The molecule has 1 saturated heterocycles. The number of benzene rings is 2. The van der Waals surface area contributed by atoms with Gasteiger partial charge in [-0.3, -0.25) is 9.82 Å². The molecule has 3 aromatic heterocycles. The van der Waals surface area contributed by atoms with Gasteiger partial charge in [-0.1, -0.05) is 30.3 Å². The summed E-state index contributed by atoms with van der Waals surface area (Å²) in [7, 11) is -3.79. The highest BCUT2D eigenvalue weighted by Gasteiger charge is 2.23. The Labute approximate surface area is 203 Å². The molecule has 2 aromatic carbocycles. The zero-order chi connectivity index (χ0) is 23.8. The standard InChI is InChI=1S/C26H24N6O2S/c33-35(34,21-9-2-1-3-10-21)31-22-11-12-27-26-24(22)23(25(30-26)19-16-28-29-17-19)18-7-6-8-20(15-18)32-13-4-5-14-32/h1-3,6-12,15-17H,4-5,13-14H2,(H,28,29)(H2,27,30,31). The highest BCUT2D eigenvalue weighted by atomic mass is 32.2. The lowest BCUT2D eigenvalue weighted by Gasteiger charge is -2.19. The number of rotatable bonds is 6. The highest BCUT2D eigenvalue weighted by molar-refractivity contribution is 7.92. The molecule has 9 heteroatoms. The topological polar surface area (TPSA) is 107 Å². The summed E-state index contributed by atoms with van der Waals surface area (Å²) >= 11 is 0. The first kappa shape index (κ1) is 21.4. The van der Waals surface area contributed by atoms with Crippen molar-refractivity contribution >= 4 is 32.4 Å². The van der Waals surface area contributed by atoms with E-state index < -0.39 is 10.0 Å². The van der Waals surface area contributed by atoms with E-state index in [0.29, 0.717) is 16.7 Å². The Morgan fingerprint density at radius 1 is 0.943 bits per heavy atom. The molecule has 176 valence electrons. The van der Waals surface area contributed by atoms with Crippen LogP contribution in [0.25, 0.3) is 33.4 Å². The van der Waals surface area contributed by atoms with Crippen LogP contribution in [0.3, 0.4) is 0 Å². The molecule has 3 N–H and O–H groups in total. The van der Waals surface area contributed by atoms with Crippen LogP contribution in [-0.4, -0.2) is 41.7 Å². The normalized spacial score (nSPS) is 14.0. The SMILES string of the molecule is O=S(=O)(Nc1ccnc2[nH]c(-c3cn[nH]c3)c(-c3cccc(N4CCCC4)c3)c12)c1ccccc1. The summed E-state index contributed by atoms with van der Waals surface area (Å²) < 4.78 is 29.2. The van der Waals surface area contributed by atoms with Gasteiger partial charge >= 0.3 is 0 Å². The number of anilines is 2. The fourth-order valence-corrected chi connectivity index (χ4v) is 5.82. The summed E-state index contributed by atoms with van der Waals surface area (Å²) in [5, 5.41) is 7.70. The number of hydrogen-bond acceptors (Lipinski definition) is 5. The average Bonchev–Trinajstić information content (AvgIpc) is 3.66. The second-order valence-corrected chi connectivity index (χ2v) is 10.3. The smallest absolute Gasteiger partial charge is 0.261 e. The van der Waals surface area contributed by atoms with Gasteiger partial charge in [0.15, 0.2) is 0 Å². The number of nitrogens with zero attached hydrogens (tertiary/aromatic N) is 3. The van der Waals surface area contributed by atoms with Crippen molar-refractivity contribution in [2.45, 2.75) is 17.7 Å². The van der Waals surface area contributed by atoms with Crippen LogP contribution in [0, 0.1) is 0 Å². The third kappa shape index (κ3) is 3.93. The zero-order valence-electron chi connectivity index (χ0n) is 18.9. The summed E-state index contributed by atoms with van der Waals surface area (Å²) in [6.07, 6.45) is 7.53. The van der Waals surface area contributed by atoms with E-state index >= 15 is 0 Å². The fraction of sp³-hybridized carbons (Fsp3) is 0.154. The van der Waals surface area contributed by atoms with Gasteiger partial charge in [0, 0.05) is 42.3 Å². The second-order valence-electron chi connectivity index (χ2n) is 8.61. The first-order chi connectivity index (χ1) is 17.1. The van der Waals surface area contributed by atoms with E-state index in [1.54, 1.807) is 48.8 Å². The maximum Gasteiger partial charge on any atom is 0.261 e. The van der Waals surface area contributed by atoms with Gasteiger partial charge in [0.05, 0.1) is 27.9 Å². The van der Waals surface area contributed by atoms with Crippen molar-refractivity contribution in [3.05, 3.63) is 79.3 Å². The van der Waals surface area contributed by atoms with Gasteiger partial charge in [-0.25, -0.2) is 13.4 Å². The van der Waals surface area contributed by atoms with Gasteiger partial charge in [0.2, 0.25) is 0 Å². The summed E-state index contributed by atoms with van der Waals surface area (Å²) in [5.41, 5.74) is 5.75. The molecule has 0 unspecified atom stereocenters. The molecule has 0 saturated carbocycles. The van der Waals surface area contributed by atoms with Crippen molar-refractivity contribution in [2.24, 2.45) is 0 Å². The predicted molar refractivity (Wildman–Crippen MR) is 138 cm³/mol. The number of hydrogen-bond donors (Lipinski definition) is 3. The molecule has 0 amide bonds. The van der Waals surface area contributed by atoms with Crippen LogP contribution >= 0.6 is 0 Å². The maximum absolute atomic E-state index is 13.2. The fourth-order valence-electron chi connectivity index (χ4n) is 4.73. The van der Waals surface area contributed by atoms with Crippen molar-refractivity contribution in [1.82, 2.24) is 20.2 Å². The summed E-state index contributed by atoms with van der Waals surface area (Å²) in [6, 6.07) is 18.4. The number of fused-ring (bicyclic) bond motifs is 1. The lowest BCUT2D eigenvalue weighted by molar-refractivity contribution is 0.601.